The van der Waals surface area contributed by atoms with Gasteiger partial charge in [0.1, 0.15) is 5.56 Å². The second-order valence-electron chi connectivity index (χ2n) is 4.94. The van der Waals surface area contributed by atoms with Crippen molar-refractivity contribution in [2.24, 2.45) is 0 Å². The minimum Gasteiger partial charge on any atom is -0.480 e. The molecule has 26 heavy (non-hydrogen) atoms. The van der Waals surface area contributed by atoms with E-state index in [2.05, 4.69) is 15.2 Å². The van der Waals surface area contributed by atoms with Crippen LogP contribution in [0.15, 0.2) is 47.0 Å². The highest BCUT2D eigenvalue weighted by Crippen LogP contribution is 2.22. The normalized spacial score (nSPS) is 10.3. The molecular formula is C16H12N4O6. The topological polar surface area (TPSA) is 130 Å². The summed E-state index contributed by atoms with van der Waals surface area (Å²) in [5.74, 6) is -0.265. The van der Waals surface area contributed by atoms with E-state index in [1.165, 1.54) is 43.6 Å². The number of nitro groups is 1. The van der Waals surface area contributed by atoms with Gasteiger partial charge < -0.3 is 13.9 Å². The molecule has 10 heteroatoms. The molecule has 1 aromatic carbocycles. The Bertz CT molecular complexity index is 938. The van der Waals surface area contributed by atoms with Crippen molar-refractivity contribution in [2.75, 3.05) is 7.11 Å². The Morgan fingerprint density at radius 1 is 1.23 bits per heavy atom. The summed E-state index contributed by atoms with van der Waals surface area (Å²) < 4.78 is 15.5. The molecule has 0 aliphatic carbocycles. The van der Waals surface area contributed by atoms with Crippen molar-refractivity contribution < 1.29 is 23.6 Å². The average Bonchev–Trinajstić information content (AvgIpc) is 3.15. The van der Waals surface area contributed by atoms with E-state index in [-0.39, 0.29) is 35.5 Å². The number of nitro benzene ring substituents is 1. The fraction of sp³-hybridized carbons (Fsp3) is 0.125. The fourth-order valence-electron chi connectivity index (χ4n) is 2.07. The Labute approximate surface area is 146 Å². The lowest BCUT2D eigenvalue weighted by Gasteiger charge is -2.05. The molecule has 3 rings (SSSR count). The molecule has 0 fully saturated rings. The number of ether oxygens (including phenoxy) is 2. The molecule has 0 aliphatic rings. The summed E-state index contributed by atoms with van der Waals surface area (Å²) in [5.41, 5.74) is 0.632. The fourth-order valence-corrected chi connectivity index (χ4v) is 2.07. The standard InChI is InChI=1S/C16H12N4O6/c1-24-15-12(3-2-8-17-15)16(21)25-9-13-18-19-14(26-13)10-4-6-11(7-5-10)20(22)23/h2-8H,9H2,1H3. The number of hydrogen-bond acceptors (Lipinski definition) is 9. The minimum atomic E-state index is -0.648. The zero-order chi connectivity index (χ0) is 18.5. The van der Waals surface area contributed by atoms with E-state index in [0.29, 0.717) is 5.56 Å². The van der Waals surface area contributed by atoms with Gasteiger partial charge in [0.2, 0.25) is 11.8 Å². The molecule has 3 aromatic rings. The molecule has 10 nitrogen and oxygen atoms in total. The van der Waals surface area contributed by atoms with Crippen LogP contribution < -0.4 is 4.74 Å². The minimum absolute atomic E-state index is 0.0483. The van der Waals surface area contributed by atoms with E-state index in [9.17, 15) is 14.9 Å². The molecule has 2 aromatic heterocycles. The summed E-state index contributed by atoms with van der Waals surface area (Å²) in [6, 6.07) is 8.73. The van der Waals surface area contributed by atoms with Crippen molar-refractivity contribution >= 4 is 11.7 Å². The monoisotopic (exact) mass is 356 g/mol. The summed E-state index contributed by atoms with van der Waals surface area (Å²) in [5, 5.41) is 18.3. The van der Waals surface area contributed by atoms with E-state index in [0.717, 1.165) is 0 Å². The first kappa shape index (κ1) is 17.0. The SMILES string of the molecule is COc1ncccc1C(=O)OCc1nnc(-c2ccc([N+](=O)[O-])cc2)o1. The number of hydrogen-bond donors (Lipinski definition) is 0. The third-order valence-corrected chi connectivity index (χ3v) is 3.30. The third kappa shape index (κ3) is 3.64. The number of rotatable bonds is 6. The van der Waals surface area contributed by atoms with Gasteiger partial charge >= 0.3 is 5.97 Å². The zero-order valence-corrected chi connectivity index (χ0v) is 13.5. The van der Waals surface area contributed by atoms with Crippen LogP contribution in [-0.2, 0) is 11.3 Å². The number of carbonyl (C=O) groups is 1. The van der Waals surface area contributed by atoms with Gasteiger partial charge in [0, 0.05) is 23.9 Å². The Morgan fingerprint density at radius 3 is 2.69 bits per heavy atom. The first-order chi connectivity index (χ1) is 12.6. The van der Waals surface area contributed by atoms with Crippen LogP contribution in [0, 0.1) is 10.1 Å². The van der Waals surface area contributed by atoms with E-state index in [1.54, 1.807) is 6.07 Å². The van der Waals surface area contributed by atoms with Gasteiger partial charge in [-0.2, -0.15) is 0 Å². The summed E-state index contributed by atoms with van der Waals surface area (Å²) in [4.78, 5) is 26.1. The maximum Gasteiger partial charge on any atom is 0.344 e. The predicted molar refractivity (Wildman–Crippen MR) is 86.3 cm³/mol. The van der Waals surface area contributed by atoms with Crippen molar-refractivity contribution in [3.05, 3.63) is 64.2 Å². The lowest BCUT2D eigenvalue weighted by Crippen LogP contribution is -2.08. The molecule has 0 saturated carbocycles. The van der Waals surface area contributed by atoms with Gasteiger partial charge in [-0.3, -0.25) is 10.1 Å². The van der Waals surface area contributed by atoms with Gasteiger partial charge in [-0.15, -0.1) is 10.2 Å². The molecule has 0 radical (unpaired) electrons. The molecule has 2 heterocycles. The van der Waals surface area contributed by atoms with Crippen LogP contribution in [0.4, 0.5) is 5.69 Å². The highest BCUT2D eigenvalue weighted by atomic mass is 16.6. The molecule has 0 saturated heterocycles. The summed E-state index contributed by atoms with van der Waals surface area (Å²) in [6.45, 7) is -0.239. The van der Waals surface area contributed by atoms with Crippen molar-refractivity contribution in [2.45, 2.75) is 6.61 Å². The number of nitrogens with zero attached hydrogens (tertiary/aromatic N) is 4. The quantitative estimate of drug-likeness (QED) is 0.371. The van der Waals surface area contributed by atoms with Crippen LogP contribution in [0.5, 0.6) is 5.88 Å². The highest BCUT2D eigenvalue weighted by Gasteiger charge is 2.17. The summed E-state index contributed by atoms with van der Waals surface area (Å²) >= 11 is 0. The van der Waals surface area contributed by atoms with Crippen LogP contribution >= 0.6 is 0 Å². The Morgan fingerprint density at radius 2 is 2.00 bits per heavy atom. The molecule has 0 atom stereocenters. The zero-order valence-electron chi connectivity index (χ0n) is 13.5. The number of methoxy groups -OCH3 is 1. The highest BCUT2D eigenvalue weighted by molar-refractivity contribution is 5.91. The lowest BCUT2D eigenvalue weighted by atomic mass is 10.2. The Kier molecular flexibility index (Phi) is 4.83. The molecule has 0 amide bonds. The van der Waals surface area contributed by atoms with Crippen LogP contribution in [0.3, 0.4) is 0 Å². The van der Waals surface area contributed by atoms with Crippen LogP contribution in [-0.4, -0.2) is 33.2 Å². The van der Waals surface area contributed by atoms with E-state index in [4.69, 9.17) is 13.9 Å². The van der Waals surface area contributed by atoms with Gasteiger partial charge in [0.05, 0.1) is 12.0 Å². The van der Waals surface area contributed by atoms with Gasteiger partial charge in [-0.05, 0) is 24.3 Å². The second kappa shape index (κ2) is 7.38. The number of esters is 1. The average molecular weight is 356 g/mol. The maximum atomic E-state index is 12.1. The summed E-state index contributed by atoms with van der Waals surface area (Å²) in [6.07, 6.45) is 1.49. The molecule has 0 N–H and O–H groups in total. The Hall–Kier alpha value is -3.82. The Balaban J connectivity index is 1.67. The number of carbonyl (C=O) groups excluding carboxylic acids is 1. The van der Waals surface area contributed by atoms with Gasteiger partial charge in [-0.1, -0.05) is 0 Å². The largest absolute Gasteiger partial charge is 0.480 e. The van der Waals surface area contributed by atoms with Crippen molar-refractivity contribution in [1.82, 2.24) is 15.2 Å². The third-order valence-electron chi connectivity index (χ3n) is 3.30. The van der Waals surface area contributed by atoms with Crippen molar-refractivity contribution in [1.29, 1.82) is 0 Å². The van der Waals surface area contributed by atoms with Crippen LogP contribution in [0.25, 0.3) is 11.5 Å². The molecule has 0 unspecified atom stereocenters. The molecular weight excluding hydrogens is 344 g/mol. The second-order valence-corrected chi connectivity index (χ2v) is 4.94. The van der Waals surface area contributed by atoms with Crippen molar-refractivity contribution in [3.63, 3.8) is 0 Å². The molecule has 0 spiro atoms. The lowest BCUT2D eigenvalue weighted by molar-refractivity contribution is -0.384. The van der Waals surface area contributed by atoms with E-state index < -0.39 is 10.9 Å². The number of aromatic nitrogens is 3. The van der Waals surface area contributed by atoms with Crippen molar-refractivity contribution in [3.8, 4) is 17.3 Å². The molecule has 0 aliphatic heterocycles. The van der Waals surface area contributed by atoms with Crippen LogP contribution in [0.2, 0.25) is 0 Å². The summed E-state index contributed by atoms with van der Waals surface area (Å²) in [7, 11) is 1.40. The number of non-ortho nitro benzene ring substituents is 1. The van der Waals surface area contributed by atoms with Gasteiger partial charge in [0.15, 0.2) is 6.61 Å². The van der Waals surface area contributed by atoms with Gasteiger partial charge in [-0.25, -0.2) is 9.78 Å². The first-order valence-electron chi connectivity index (χ1n) is 7.32. The van der Waals surface area contributed by atoms with Gasteiger partial charge in [0.25, 0.3) is 11.6 Å². The number of pyridine rings is 1. The maximum absolute atomic E-state index is 12.1. The molecule has 132 valence electrons. The number of benzene rings is 1. The predicted octanol–water partition coefficient (Wildman–Crippen LogP) is 2.41. The van der Waals surface area contributed by atoms with E-state index >= 15 is 0 Å². The molecule has 0 bridgehead atoms. The van der Waals surface area contributed by atoms with E-state index in [1.807, 2.05) is 0 Å². The smallest absolute Gasteiger partial charge is 0.344 e. The van der Waals surface area contributed by atoms with Crippen LogP contribution in [0.1, 0.15) is 16.2 Å². The first-order valence-corrected chi connectivity index (χ1v) is 7.32.